The molecular formula is C11H11FN2O4. The highest BCUT2D eigenvalue weighted by molar-refractivity contribution is 5.97. The highest BCUT2D eigenvalue weighted by Crippen LogP contribution is 2.19. The second kappa shape index (κ2) is 4.69. The number of ether oxygens (including phenoxy) is 1. The molecule has 1 aromatic rings. The maximum Gasteiger partial charge on any atom is 0.331 e. The summed E-state index contributed by atoms with van der Waals surface area (Å²) in [5, 5.41) is 11.5. The van der Waals surface area contributed by atoms with Gasteiger partial charge in [0, 0.05) is 19.2 Å². The van der Waals surface area contributed by atoms with Gasteiger partial charge in [0.05, 0.1) is 12.2 Å². The zero-order chi connectivity index (χ0) is 13.2. The van der Waals surface area contributed by atoms with E-state index in [1.165, 1.54) is 6.07 Å². The number of carbonyl (C=O) groups excluding carboxylic acids is 1. The van der Waals surface area contributed by atoms with Crippen LogP contribution in [0.4, 0.5) is 4.39 Å². The van der Waals surface area contributed by atoms with E-state index in [0.717, 1.165) is 12.3 Å². The Bertz CT molecular complexity index is 468. The van der Waals surface area contributed by atoms with E-state index in [1.54, 1.807) is 0 Å². The van der Waals surface area contributed by atoms with Crippen molar-refractivity contribution in [1.82, 2.24) is 10.3 Å². The van der Waals surface area contributed by atoms with Crippen LogP contribution in [-0.2, 0) is 9.53 Å². The number of nitrogens with zero attached hydrogens (tertiary/aromatic N) is 1. The van der Waals surface area contributed by atoms with Crippen LogP contribution < -0.4 is 5.32 Å². The van der Waals surface area contributed by atoms with Crippen LogP contribution in [0.2, 0.25) is 0 Å². The van der Waals surface area contributed by atoms with Gasteiger partial charge in [0.15, 0.2) is 5.54 Å². The van der Waals surface area contributed by atoms with E-state index in [-0.39, 0.29) is 25.2 Å². The second-order valence-electron chi connectivity index (χ2n) is 4.01. The van der Waals surface area contributed by atoms with Gasteiger partial charge in [-0.1, -0.05) is 0 Å². The molecule has 2 rings (SSSR count). The molecule has 0 aliphatic carbocycles. The zero-order valence-corrected chi connectivity index (χ0v) is 9.35. The summed E-state index contributed by atoms with van der Waals surface area (Å²) in [7, 11) is 0. The molecule has 1 amide bonds. The Hall–Kier alpha value is -2.02. The normalized spacial score (nSPS) is 22.7. The van der Waals surface area contributed by atoms with Crippen LogP contribution in [0, 0.1) is 5.95 Å². The van der Waals surface area contributed by atoms with Gasteiger partial charge in [0.1, 0.15) is 0 Å². The van der Waals surface area contributed by atoms with Gasteiger partial charge in [-0.15, -0.1) is 0 Å². The minimum atomic E-state index is -1.41. The third-order valence-electron chi connectivity index (χ3n) is 2.77. The fraction of sp³-hybridized carbons (Fsp3) is 0.364. The average molecular weight is 254 g/mol. The maximum atomic E-state index is 12.6. The van der Waals surface area contributed by atoms with Crippen molar-refractivity contribution in [3.8, 4) is 0 Å². The molecule has 0 spiro atoms. The van der Waals surface area contributed by atoms with E-state index in [2.05, 4.69) is 10.3 Å². The Morgan fingerprint density at radius 1 is 1.50 bits per heavy atom. The van der Waals surface area contributed by atoms with Gasteiger partial charge in [-0.2, -0.15) is 4.39 Å². The van der Waals surface area contributed by atoms with Crippen LogP contribution in [0.5, 0.6) is 0 Å². The number of pyridine rings is 1. The first kappa shape index (κ1) is 12.4. The highest BCUT2D eigenvalue weighted by Gasteiger charge is 2.44. The molecule has 6 nitrogen and oxygen atoms in total. The van der Waals surface area contributed by atoms with Crippen molar-refractivity contribution in [2.24, 2.45) is 0 Å². The molecule has 1 saturated heterocycles. The summed E-state index contributed by atoms with van der Waals surface area (Å²) >= 11 is 0. The minimum absolute atomic E-state index is 0.0807. The molecule has 1 unspecified atom stereocenters. The maximum absolute atomic E-state index is 12.6. The number of aromatic nitrogens is 1. The monoisotopic (exact) mass is 254 g/mol. The number of carboxylic acids is 1. The van der Waals surface area contributed by atoms with Gasteiger partial charge in [-0.3, -0.25) is 4.79 Å². The molecule has 1 aliphatic rings. The Labute approximate surface area is 102 Å². The van der Waals surface area contributed by atoms with E-state index in [1.807, 2.05) is 0 Å². The van der Waals surface area contributed by atoms with Crippen LogP contribution >= 0.6 is 0 Å². The van der Waals surface area contributed by atoms with Gasteiger partial charge in [0.2, 0.25) is 5.95 Å². The Morgan fingerprint density at radius 3 is 2.78 bits per heavy atom. The third kappa shape index (κ3) is 2.30. The lowest BCUT2D eigenvalue weighted by Gasteiger charge is -2.23. The van der Waals surface area contributed by atoms with E-state index in [4.69, 9.17) is 9.84 Å². The molecule has 0 bridgehead atoms. The summed E-state index contributed by atoms with van der Waals surface area (Å²) < 4.78 is 17.6. The van der Waals surface area contributed by atoms with Crippen LogP contribution in [0.15, 0.2) is 18.3 Å². The summed E-state index contributed by atoms with van der Waals surface area (Å²) in [6.07, 6.45) is 1.25. The smallest absolute Gasteiger partial charge is 0.331 e. The number of aliphatic carboxylic acids is 1. The van der Waals surface area contributed by atoms with E-state index in [0.29, 0.717) is 0 Å². The van der Waals surface area contributed by atoms with E-state index in [9.17, 15) is 14.0 Å². The van der Waals surface area contributed by atoms with Crippen molar-refractivity contribution in [1.29, 1.82) is 0 Å². The molecule has 2 heterocycles. The largest absolute Gasteiger partial charge is 0.479 e. The highest BCUT2D eigenvalue weighted by atomic mass is 19.1. The SMILES string of the molecule is O=C(NC1(C(=O)O)CCOC1)c1ccc(F)nc1. The number of rotatable bonds is 3. The van der Waals surface area contributed by atoms with Crippen molar-refractivity contribution in [2.45, 2.75) is 12.0 Å². The predicted molar refractivity (Wildman–Crippen MR) is 57.5 cm³/mol. The standard InChI is InChI=1S/C11H11FN2O4/c12-8-2-1-7(5-13-8)9(15)14-11(10(16)17)3-4-18-6-11/h1-2,5H,3-4,6H2,(H,14,15)(H,16,17). The Kier molecular flexibility index (Phi) is 3.24. The molecule has 2 N–H and O–H groups in total. The summed E-state index contributed by atoms with van der Waals surface area (Å²) in [6, 6.07) is 2.27. The summed E-state index contributed by atoms with van der Waals surface area (Å²) in [5.41, 5.74) is -1.31. The van der Waals surface area contributed by atoms with Crippen LogP contribution in [0.25, 0.3) is 0 Å². The molecule has 1 aliphatic heterocycles. The van der Waals surface area contributed by atoms with Gasteiger partial charge in [-0.05, 0) is 12.1 Å². The average Bonchev–Trinajstić information content (AvgIpc) is 2.79. The topological polar surface area (TPSA) is 88.5 Å². The van der Waals surface area contributed by atoms with Gasteiger partial charge in [-0.25, -0.2) is 9.78 Å². The molecule has 96 valence electrons. The van der Waals surface area contributed by atoms with Gasteiger partial charge >= 0.3 is 5.97 Å². The Balaban J connectivity index is 2.15. The molecule has 0 saturated carbocycles. The van der Waals surface area contributed by atoms with Crippen molar-refractivity contribution in [3.05, 3.63) is 29.8 Å². The molecule has 18 heavy (non-hydrogen) atoms. The molecule has 1 atom stereocenters. The number of carbonyl (C=O) groups is 2. The summed E-state index contributed by atoms with van der Waals surface area (Å²) in [5.74, 6) is -2.47. The van der Waals surface area contributed by atoms with Crippen molar-refractivity contribution in [2.75, 3.05) is 13.2 Å². The van der Waals surface area contributed by atoms with E-state index < -0.39 is 23.4 Å². The lowest BCUT2D eigenvalue weighted by Crippen LogP contribution is -2.55. The number of carboxylic acid groups (broad SMARTS) is 1. The number of hydrogen-bond acceptors (Lipinski definition) is 4. The lowest BCUT2D eigenvalue weighted by molar-refractivity contribution is -0.144. The fourth-order valence-corrected chi connectivity index (χ4v) is 1.69. The van der Waals surface area contributed by atoms with Crippen molar-refractivity contribution in [3.63, 3.8) is 0 Å². The first-order valence-electron chi connectivity index (χ1n) is 5.29. The van der Waals surface area contributed by atoms with E-state index >= 15 is 0 Å². The quantitative estimate of drug-likeness (QED) is 0.752. The summed E-state index contributed by atoms with van der Waals surface area (Å²) in [6.45, 7) is 0.191. The van der Waals surface area contributed by atoms with Gasteiger partial charge < -0.3 is 15.2 Å². The lowest BCUT2D eigenvalue weighted by atomic mass is 9.98. The van der Waals surface area contributed by atoms with Crippen molar-refractivity contribution < 1.29 is 23.8 Å². The van der Waals surface area contributed by atoms with Crippen LogP contribution in [0.3, 0.4) is 0 Å². The first-order chi connectivity index (χ1) is 8.53. The van der Waals surface area contributed by atoms with Gasteiger partial charge in [0.25, 0.3) is 5.91 Å². The fourth-order valence-electron chi connectivity index (χ4n) is 1.69. The first-order valence-corrected chi connectivity index (χ1v) is 5.29. The molecule has 7 heteroatoms. The second-order valence-corrected chi connectivity index (χ2v) is 4.01. The number of halogens is 1. The van der Waals surface area contributed by atoms with Crippen LogP contribution in [-0.4, -0.2) is 40.7 Å². The molecule has 0 radical (unpaired) electrons. The number of amides is 1. The number of nitrogens with one attached hydrogen (secondary N) is 1. The molecular weight excluding hydrogens is 243 g/mol. The number of hydrogen-bond donors (Lipinski definition) is 2. The zero-order valence-electron chi connectivity index (χ0n) is 9.35. The minimum Gasteiger partial charge on any atom is -0.479 e. The molecule has 1 fully saturated rings. The van der Waals surface area contributed by atoms with Crippen molar-refractivity contribution >= 4 is 11.9 Å². The van der Waals surface area contributed by atoms with Crippen LogP contribution in [0.1, 0.15) is 16.8 Å². The Morgan fingerprint density at radius 2 is 2.28 bits per heavy atom. The third-order valence-corrected chi connectivity index (χ3v) is 2.77. The summed E-state index contributed by atoms with van der Waals surface area (Å²) in [4.78, 5) is 26.3. The molecule has 1 aromatic heterocycles. The predicted octanol–water partition coefficient (Wildman–Crippen LogP) is 0.194. The molecule has 0 aromatic carbocycles.